The Balaban J connectivity index is 0.000000170. The summed E-state index contributed by atoms with van der Waals surface area (Å²) in [6.07, 6.45) is 19.8. The van der Waals surface area contributed by atoms with Crippen LogP contribution in [-0.4, -0.2) is 30.8 Å². The molecule has 3 aliphatic rings. The number of hydrogen-bond acceptors (Lipinski definition) is 4. The van der Waals surface area contributed by atoms with Crippen LogP contribution in [0.1, 0.15) is 69.4 Å². The van der Waals surface area contributed by atoms with Gasteiger partial charge in [0, 0.05) is 36.5 Å². The van der Waals surface area contributed by atoms with E-state index in [1.807, 2.05) is 13.1 Å². The average molecular weight is 399 g/mol. The van der Waals surface area contributed by atoms with Gasteiger partial charge in [-0.15, -0.1) is 0 Å². The van der Waals surface area contributed by atoms with E-state index in [9.17, 15) is 0 Å². The lowest BCUT2D eigenvalue weighted by Crippen LogP contribution is -2.39. The molecule has 1 atom stereocenters. The molecule has 4 nitrogen and oxygen atoms in total. The molecule has 0 radical (unpaired) electrons. The summed E-state index contributed by atoms with van der Waals surface area (Å²) in [7, 11) is 1.65. The molecule has 0 unspecified atom stereocenters. The minimum Gasteiger partial charge on any atom is -0.481 e. The molecule has 0 bridgehead atoms. The smallest absolute Gasteiger partial charge is 0.215 e. The van der Waals surface area contributed by atoms with Gasteiger partial charge >= 0.3 is 0 Å². The van der Waals surface area contributed by atoms with Crippen LogP contribution in [-0.2, 0) is 11.2 Å². The largest absolute Gasteiger partial charge is 0.481 e. The third-order valence-corrected chi connectivity index (χ3v) is 6.38. The molecule has 1 aromatic heterocycles. The molecular formula is C25H38N2O2. The third-order valence-electron chi connectivity index (χ3n) is 6.38. The number of allylic oxidation sites excluding steroid dienone is 3. The second-order valence-corrected chi connectivity index (χ2v) is 8.63. The predicted octanol–water partition coefficient (Wildman–Crippen LogP) is 5.51. The number of nitrogens with one attached hydrogen (secondary N) is 1. The highest BCUT2D eigenvalue weighted by Gasteiger charge is 2.40. The van der Waals surface area contributed by atoms with E-state index in [0.29, 0.717) is 5.92 Å². The Morgan fingerprint density at radius 3 is 2.79 bits per heavy atom. The topological polar surface area (TPSA) is 43.4 Å². The summed E-state index contributed by atoms with van der Waals surface area (Å²) in [5, 5.41) is 3.51. The number of ether oxygens (including phenoxy) is 2. The average Bonchev–Trinajstić information content (AvgIpc) is 3.21. The van der Waals surface area contributed by atoms with Crippen molar-refractivity contribution < 1.29 is 9.47 Å². The first-order valence-corrected chi connectivity index (χ1v) is 11.4. The van der Waals surface area contributed by atoms with Gasteiger partial charge in [0.2, 0.25) is 5.88 Å². The fourth-order valence-corrected chi connectivity index (χ4v) is 4.77. The quantitative estimate of drug-likeness (QED) is 0.710. The zero-order valence-electron chi connectivity index (χ0n) is 18.5. The number of hydrogen-bond donors (Lipinski definition) is 1. The van der Waals surface area contributed by atoms with Crippen LogP contribution >= 0.6 is 0 Å². The molecule has 4 heteroatoms. The molecule has 1 aromatic rings. The van der Waals surface area contributed by atoms with E-state index in [-0.39, 0.29) is 5.60 Å². The lowest BCUT2D eigenvalue weighted by atomic mass is 9.82. The van der Waals surface area contributed by atoms with Gasteiger partial charge in [-0.1, -0.05) is 38.3 Å². The molecule has 4 rings (SSSR count). The number of unbranched alkanes of at least 4 members (excludes halogenated alkanes) is 1. The van der Waals surface area contributed by atoms with Crippen LogP contribution in [0.2, 0.25) is 0 Å². The molecule has 1 saturated heterocycles. The Morgan fingerprint density at radius 1 is 1.31 bits per heavy atom. The monoisotopic (exact) mass is 398 g/mol. The molecule has 1 spiro atoms. The molecule has 2 aliphatic heterocycles. The molecule has 1 saturated carbocycles. The van der Waals surface area contributed by atoms with Crippen molar-refractivity contribution in [2.75, 3.05) is 20.3 Å². The Morgan fingerprint density at radius 2 is 2.14 bits per heavy atom. The fourth-order valence-electron chi connectivity index (χ4n) is 4.77. The van der Waals surface area contributed by atoms with Gasteiger partial charge in [-0.3, -0.25) is 0 Å². The van der Waals surface area contributed by atoms with Crippen LogP contribution in [0.4, 0.5) is 0 Å². The number of pyridine rings is 1. The van der Waals surface area contributed by atoms with Crippen molar-refractivity contribution in [2.24, 2.45) is 5.92 Å². The standard InChI is InChI=1S/C14H21NO.C11H17NO/c1-4-9-15-13(5-1)12-6-10-16-14(11-12)7-2-3-8-14;1-4-5-6-10-7-9(2)11(13-3)12-8-10/h1,4-5,12,15H,2-3,6-11H2;7-8H,4-6H2,1-3H3/t12-;/m1./s1. The molecule has 160 valence electrons. The Kier molecular flexibility index (Phi) is 8.17. The van der Waals surface area contributed by atoms with Gasteiger partial charge in [0.25, 0.3) is 0 Å². The third kappa shape index (κ3) is 6.08. The second kappa shape index (κ2) is 10.8. The van der Waals surface area contributed by atoms with Gasteiger partial charge in [0.1, 0.15) is 0 Å². The van der Waals surface area contributed by atoms with Crippen molar-refractivity contribution in [3.8, 4) is 5.88 Å². The second-order valence-electron chi connectivity index (χ2n) is 8.63. The minimum atomic E-state index is 0.243. The first-order chi connectivity index (χ1) is 14.2. The molecule has 1 aliphatic carbocycles. The van der Waals surface area contributed by atoms with Gasteiger partial charge in [-0.25, -0.2) is 4.98 Å². The van der Waals surface area contributed by atoms with Gasteiger partial charge in [-0.2, -0.15) is 0 Å². The normalized spacial score (nSPS) is 22.4. The van der Waals surface area contributed by atoms with E-state index in [2.05, 4.69) is 41.5 Å². The summed E-state index contributed by atoms with van der Waals surface area (Å²) in [6, 6.07) is 2.15. The van der Waals surface area contributed by atoms with Crippen LogP contribution < -0.4 is 10.1 Å². The van der Waals surface area contributed by atoms with E-state index >= 15 is 0 Å². The Labute approximate surface area is 176 Å². The zero-order chi connectivity index (χ0) is 20.5. The summed E-state index contributed by atoms with van der Waals surface area (Å²) in [4.78, 5) is 4.23. The van der Waals surface area contributed by atoms with Crippen LogP contribution in [0.5, 0.6) is 5.88 Å². The highest BCUT2D eigenvalue weighted by molar-refractivity contribution is 5.28. The fraction of sp³-hybridized carbons (Fsp3) is 0.640. The first-order valence-electron chi connectivity index (χ1n) is 11.4. The lowest BCUT2D eigenvalue weighted by molar-refractivity contribution is -0.0877. The molecule has 0 amide bonds. The first kappa shape index (κ1) is 21.9. The van der Waals surface area contributed by atoms with Crippen molar-refractivity contribution in [3.63, 3.8) is 0 Å². The maximum absolute atomic E-state index is 6.07. The SMILES string of the molecule is C1=CCNC([C@@H]2CCOC3(CCCC3)C2)=C1.CCCCc1cnc(OC)c(C)c1. The van der Waals surface area contributed by atoms with Crippen molar-refractivity contribution >= 4 is 0 Å². The van der Waals surface area contributed by atoms with E-state index in [1.54, 1.807) is 7.11 Å². The van der Waals surface area contributed by atoms with Crippen molar-refractivity contribution in [3.05, 3.63) is 47.3 Å². The maximum Gasteiger partial charge on any atom is 0.215 e. The van der Waals surface area contributed by atoms with Gasteiger partial charge in [0.15, 0.2) is 0 Å². The number of aryl methyl sites for hydroxylation is 2. The molecule has 3 heterocycles. The molecule has 29 heavy (non-hydrogen) atoms. The van der Waals surface area contributed by atoms with E-state index < -0.39 is 0 Å². The van der Waals surface area contributed by atoms with E-state index in [1.165, 1.54) is 62.6 Å². The Bertz CT molecular complexity index is 705. The lowest BCUT2D eigenvalue weighted by Gasteiger charge is -2.39. The van der Waals surface area contributed by atoms with Crippen molar-refractivity contribution in [1.29, 1.82) is 0 Å². The summed E-state index contributed by atoms with van der Waals surface area (Å²) < 4.78 is 11.2. The van der Waals surface area contributed by atoms with Gasteiger partial charge in [-0.05, 0) is 63.2 Å². The summed E-state index contributed by atoms with van der Waals surface area (Å²) in [5.41, 5.74) is 4.11. The number of methoxy groups -OCH3 is 1. The van der Waals surface area contributed by atoms with Crippen LogP contribution in [0.3, 0.4) is 0 Å². The number of rotatable bonds is 5. The number of aromatic nitrogens is 1. The van der Waals surface area contributed by atoms with Crippen LogP contribution in [0, 0.1) is 12.8 Å². The maximum atomic E-state index is 6.07. The number of dihydropyridines is 1. The van der Waals surface area contributed by atoms with Gasteiger partial charge < -0.3 is 14.8 Å². The molecular weight excluding hydrogens is 360 g/mol. The van der Waals surface area contributed by atoms with Crippen molar-refractivity contribution in [2.45, 2.75) is 77.2 Å². The summed E-state index contributed by atoms with van der Waals surface area (Å²) in [6.45, 7) is 6.18. The zero-order valence-corrected chi connectivity index (χ0v) is 18.5. The van der Waals surface area contributed by atoms with Crippen LogP contribution in [0.25, 0.3) is 0 Å². The van der Waals surface area contributed by atoms with Crippen molar-refractivity contribution in [1.82, 2.24) is 10.3 Å². The van der Waals surface area contributed by atoms with E-state index in [0.717, 1.165) is 31.0 Å². The number of nitrogens with zero attached hydrogens (tertiary/aromatic N) is 1. The molecule has 0 aromatic carbocycles. The highest BCUT2D eigenvalue weighted by Crippen LogP contribution is 2.43. The van der Waals surface area contributed by atoms with E-state index in [4.69, 9.17) is 9.47 Å². The molecule has 2 fully saturated rings. The predicted molar refractivity (Wildman–Crippen MR) is 119 cm³/mol. The summed E-state index contributed by atoms with van der Waals surface area (Å²) >= 11 is 0. The highest BCUT2D eigenvalue weighted by atomic mass is 16.5. The Hall–Kier alpha value is -1.81. The molecule has 1 N–H and O–H groups in total. The van der Waals surface area contributed by atoms with Crippen LogP contribution in [0.15, 0.2) is 36.2 Å². The summed E-state index contributed by atoms with van der Waals surface area (Å²) in [5.74, 6) is 1.44. The van der Waals surface area contributed by atoms with Gasteiger partial charge in [0.05, 0.1) is 12.7 Å². The minimum absolute atomic E-state index is 0.243.